The van der Waals surface area contributed by atoms with E-state index in [0.717, 1.165) is 29.9 Å². The fourth-order valence-corrected chi connectivity index (χ4v) is 4.70. The molecule has 3 atom stereocenters. The first-order valence-corrected chi connectivity index (χ1v) is 14.3. The smallest absolute Gasteiger partial charge is 0.246 e. The third kappa shape index (κ3) is 9.02. The second-order valence-electron chi connectivity index (χ2n) is 7.44. The van der Waals surface area contributed by atoms with Crippen molar-refractivity contribution in [3.63, 3.8) is 0 Å². The molecule has 0 fully saturated rings. The molecule has 0 radical (unpaired) electrons. The number of thiol groups is 1. The van der Waals surface area contributed by atoms with Crippen LogP contribution in [0.25, 0.3) is 0 Å². The molecule has 2 rings (SSSR count). The van der Waals surface area contributed by atoms with Crippen LogP contribution >= 0.6 is 17.9 Å². The van der Waals surface area contributed by atoms with Gasteiger partial charge in [0.25, 0.3) is 0 Å². The second-order valence-corrected chi connectivity index (χ2v) is 12.7. The molecule has 0 amide bonds. The average Bonchev–Trinajstić information content (AvgIpc) is 2.76. The van der Waals surface area contributed by atoms with Crippen molar-refractivity contribution < 1.29 is 23.3 Å². The Labute approximate surface area is 202 Å². The van der Waals surface area contributed by atoms with Crippen LogP contribution in [0.15, 0.2) is 48.5 Å². The van der Waals surface area contributed by atoms with Crippen LogP contribution in [0.2, 0.25) is 0 Å². The Hall–Kier alpha value is -1.12. The molecule has 0 bridgehead atoms. The van der Waals surface area contributed by atoms with Crippen molar-refractivity contribution >= 4 is 29.7 Å². The van der Waals surface area contributed by atoms with E-state index in [4.69, 9.17) is 35.1 Å². The molecule has 2 aromatic carbocycles. The lowest BCUT2D eigenvalue weighted by Gasteiger charge is -2.31. The normalized spacial score (nSPS) is 15.2. The number of hydrogen-bond acceptors (Lipinski definition) is 7. The van der Waals surface area contributed by atoms with Crippen LogP contribution in [-0.4, -0.2) is 51.8 Å². The molecule has 0 spiro atoms. The largest absolute Gasteiger partial charge is 0.497 e. The highest BCUT2D eigenvalue weighted by atomic mass is 32.9. The predicted octanol–water partition coefficient (Wildman–Crippen LogP) is 5.32. The van der Waals surface area contributed by atoms with Crippen LogP contribution in [0, 0.1) is 0 Å². The molecule has 2 unspecified atom stereocenters. The standard InChI is InChI=1S/C23H34NO5PS2/c1-6-27-30(31,32)28-17-26-18(2)23(24(3)4)29-22-13-8-7-11-20(22)15-14-19-10-9-12-21(16-19)25-5/h7-13,16,18,23H,6,14-15,17H2,1-5H3,(H,31,32)/t18?,23-/m0/s1. The van der Waals surface area contributed by atoms with Gasteiger partial charge in [0, 0.05) is 0 Å². The number of aryl methyl sites for hydroxylation is 2. The predicted molar refractivity (Wildman–Crippen MR) is 136 cm³/mol. The van der Waals surface area contributed by atoms with Gasteiger partial charge in [-0.25, -0.2) is 0 Å². The van der Waals surface area contributed by atoms with Crippen LogP contribution in [0.5, 0.6) is 11.5 Å². The highest BCUT2D eigenvalue weighted by Gasteiger charge is 2.24. The summed E-state index contributed by atoms with van der Waals surface area (Å²) in [5.41, 5.74) is -0.233. The Morgan fingerprint density at radius 3 is 2.50 bits per heavy atom. The quantitative estimate of drug-likeness (QED) is 0.215. The van der Waals surface area contributed by atoms with Gasteiger partial charge in [0.2, 0.25) is 5.69 Å². The first-order chi connectivity index (χ1) is 15.3. The SMILES string of the molecule is CCOP(=S)(S)OCOC(C)[C@H](Oc1ccccc1CCc1cccc(OC)c1)N(C)C. The Morgan fingerprint density at radius 2 is 1.81 bits per heavy atom. The van der Waals surface area contributed by atoms with Crippen molar-refractivity contribution in [1.82, 2.24) is 4.90 Å². The number of nitrogens with zero attached hydrogens (tertiary/aromatic N) is 1. The lowest BCUT2D eigenvalue weighted by atomic mass is 10.0. The van der Waals surface area contributed by atoms with E-state index in [9.17, 15) is 0 Å². The summed E-state index contributed by atoms with van der Waals surface area (Å²) in [6.07, 6.45) is 1.13. The first-order valence-electron chi connectivity index (χ1n) is 10.5. The molecule has 0 heterocycles. The topological polar surface area (TPSA) is 49.4 Å². The molecular formula is C23H34NO5PS2. The van der Waals surface area contributed by atoms with Gasteiger partial charge in [-0.2, -0.15) is 0 Å². The van der Waals surface area contributed by atoms with E-state index in [1.165, 1.54) is 5.56 Å². The zero-order valence-corrected chi connectivity index (χ0v) is 22.0. The molecule has 0 aliphatic heterocycles. The van der Waals surface area contributed by atoms with E-state index in [1.54, 1.807) is 7.11 Å². The first kappa shape index (κ1) is 27.1. The van der Waals surface area contributed by atoms with E-state index in [2.05, 4.69) is 30.4 Å². The summed E-state index contributed by atoms with van der Waals surface area (Å²) >= 11 is 9.49. The Balaban J connectivity index is 2.02. The number of methoxy groups -OCH3 is 1. The van der Waals surface area contributed by atoms with Gasteiger partial charge < -0.3 is 18.7 Å². The van der Waals surface area contributed by atoms with E-state index in [-0.39, 0.29) is 19.1 Å². The number of benzene rings is 2. The van der Waals surface area contributed by atoms with Crippen molar-refractivity contribution in [2.45, 2.75) is 39.0 Å². The summed E-state index contributed by atoms with van der Waals surface area (Å²) in [5.74, 6) is 1.70. The van der Waals surface area contributed by atoms with E-state index < -0.39 is 5.69 Å². The summed E-state index contributed by atoms with van der Waals surface area (Å²) in [4.78, 5) is 1.98. The number of rotatable bonds is 14. The van der Waals surface area contributed by atoms with Crippen LogP contribution in [0.4, 0.5) is 0 Å². The van der Waals surface area contributed by atoms with Gasteiger partial charge in [-0.15, -0.1) is 0 Å². The van der Waals surface area contributed by atoms with Crippen LogP contribution in [0.3, 0.4) is 0 Å². The van der Waals surface area contributed by atoms with Gasteiger partial charge >= 0.3 is 0 Å². The number of para-hydroxylation sites is 1. The molecule has 0 N–H and O–H groups in total. The van der Waals surface area contributed by atoms with Gasteiger partial charge in [-0.3, -0.25) is 9.42 Å². The molecule has 0 aliphatic carbocycles. The molecule has 178 valence electrons. The second kappa shape index (κ2) is 13.6. The van der Waals surface area contributed by atoms with Gasteiger partial charge in [0.05, 0.1) is 13.7 Å². The lowest BCUT2D eigenvalue weighted by molar-refractivity contribution is -0.109. The number of likely N-dealkylation sites (N-methyl/N-ethyl adjacent to an activating group) is 1. The molecule has 0 saturated carbocycles. The minimum atomic E-state index is -2.58. The highest BCUT2D eigenvalue weighted by Crippen LogP contribution is 2.53. The third-order valence-corrected chi connectivity index (χ3v) is 7.13. The Morgan fingerprint density at radius 1 is 1.06 bits per heavy atom. The van der Waals surface area contributed by atoms with E-state index in [1.807, 2.05) is 63.2 Å². The summed E-state index contributed by atoms with van der Waals surface area (Å²) < 4.78 is 28.4. The fourth-order valence-electron chi connectivity index (χ4n) is 3.17. The maximum Gasteiger partial charge on any atom is 0.246 e. The maximum absolute atomic E-state index is 6.39. The van der Waals surface area contributed by atoms with Crippen LogP contribution < -0.4 is 9.47 Å². The Bertz CT molecular complexity index is 883. The van der Waals surface area contributed by atoms with Crippen LogP contribution in [0.1, 0.15) is 25.0 Å². The molecule has 32 heavy (non-hydrogen) atoms. The molecule has 0 aromatic heterocycles. The maximum atomic E-state index is 6.39. The molecule has 6 nitrogen and oxygen atoms in total. The minimum absolute atomic E-state index is 0.00681. The fraction of sp³-hybridized carbons (Fsp3) is 0.478. The molecule has 0 aliphatic rings. The molecule has 2 aromatic rings. The van der Waals surface area contributed by atoms with E-state index in [0.29, 0.717) is 6.61 Å². The van der Waals surface area contributed by atoms with Crippen LogP contribution in [-0.2, 0) is 38.4 Å². The van der Waals surface area contributed by atoms with Gasteiger partial charge in [-0.1, -0.05) is 42.6 Å². The number of hydrogen-bond donors (Lipinski definition) is 1. The number of ether oxygens (including phenoxy) is 3. The average molecular weight is 500 g/mol. The van der Waals surface area contributed by atoms with Crippen molar-refractivity contribution in [1.29, 1.82) is 0 Å². The van der Waals surface area contributed by atoms with Gasteiger partial charge in [-0.05, 0) is 81.9 Å². The van der Waals surface area contributed by atoms with Gasteiger partial charge in [0.1, 0.15) is 17.6 Å². The van der Waals surface area contributed by atoms with Crippen molar-refractivity contribution in [2.75, 3.05) is 34.6 Å². The molecule has 9 heteroatoms. The summed E-state index contributed by atoms with van der Waals surface area (Å²) in [6.45, 7) is 4.24. The minimum Gasteiger partial charge on any atom is -0.497 e. The molecular weight excluding hydrogens is 465 g/mol. The highest BCUT2D eigenvalue weighted by molar-refractivity contribution is 8.60. The zero-order chi connectivity index (χ0) is 23.6. The summed E-state index contributed by atoms with van der Waals surface area (Å²) in [7, 11) is 5.59. The van der Waals surface area contributed by atoms with Crippen molar-refractivity contribution in [2.24, 2.45) is 0 Å². The van der Waals surface area contributed by atoms with Gasteiger partial charge in [0.15, 0.2) is 13.0 Å². The Kier molecular flexibility index (Phi) is 11.5. The summed E-state index contributed by atoms with van der Waals surface area (Å²) in [5, 5.41) is 0. The van der Waals surface area contributed by atoms with Crippen molar-refractivity contribution in [3.05, 3.63) is 59.7 Å². The monoisotopic (exact) mass is 499 g/mol. The lowest BCUT2D eigenvalue weighted by Crippen LogP contribution is -2.43. The van der Waals surface area contributed by atoms with E-state index >= 15 is 0 Å². The molecule has 0 saturated heterocycles. The third-order valence-electron chi connectivity index (χ3n) is 4.79. The van der Waals surface area contributed by atoms with Crippen molar-refractivity contribution in [3.8, 4) is 11.5 Å². The summed E-state index contributed by atoms with van der Waals surface area (Å²) in [6, 6.07) is 16.2. The zero-order valence-electron chi connectivity index (χ0n) is 19.4.